The molecule has 1 aromatic heterocycles. The summed E-state index contributed by atoms with van der Waals surface area (Å²) in [4.78, 5) is 4.09. The fourth-order valence-electron chi connectivity index (χ4n) is 1.40. The molecule has 2 aromatic rings. The van der Waals surface area contributed by atoms with Crippen LogP contribution in [-0.4, -0.2) is 4.98 Å². The number of alkyl halides is 3. The lowest BCUT2D eigenvalue weighted by Crippen LogP contribution is -2.03. The van der Waals surface area contributed by atoms with E-state index in [-0.39, 0.29) is 0 Å². The van der Waals surface area contributed by atoms with Gasteiger partial charge in [-0.3, -0.25) is 0 Å². The quantitative estimate of drug-likeness (QED) is 0.550. The number of halogens is 4. The summed E-state index contributed by atoms with van der Waals surface area (Å²) in [6.45, 7) is 0. The van der Waals surface area contributed by atoms with Crippen LogP contribution in [0, 0.1) is 3.70 Å². The molecule has 0 fully saturated rings. The maximum atomic E-state index is 12.4. The van der Waals surface area contributed by atoms with Crippen LogP contribution in [0.25, 0.3) is 11.1 Å². The number of rotatable bonds is 1. The standard InChI is InChI=1S/C12H7F3IN/c13-12(14,15)10-4-1-8(2-5-10)9-3-6-11(16)17-7-9/h1-7H. The highest BCUT2D eigenvalue weighted by molar-refractivity contribution is 14.1. The molecule has 0 unspecified atom stereocenters. The zero-order chi connectivity index (χ0) is 12.5. The van der Waals surface area contributed by atoms with Crippen molar-refractivity contribution in [3.05, 3.63) is 51.9 Å². The molecule has 17 heavy (non-hydrogen) atoms. The molecule has 0 spiro atoms. The number of pyridine rings is 1. The molecule has 0 saturated heterocycles. The third-order valence-corrected chi connectivity index (χ3v) is 2.91. The molecule has 0 aliphatic carbocycles. The molecule has 1 aromatic carbocycles. The van der Waals surface area contributed by atoms with Gasteiger partial charge in [0.15, 0.2) is 0 Å². The van der Waals surface area contributed by atoms with Crippen molar-refractivity contribution in [1.29, 1.82) is 0 Å². The summed E-state index contributed by atoms with van der Waals surface area (Å²) in [5, 5.41) is 0. The van der Waals surface area contributed by atoms with E-state index >= 15 is 0 Å². The van der Waals surface area contributed by atoms with E-state index in [0.29, 0.717) is 0 Å². The maximum absolute atomic E-state index is 12.4. The zero-order valence-electron chi connectivity index (χ0n) is 8.50. The van der Waals surface area contributed by atoms with Gasteiger partial charge in [-0.15, -0.1) is 0 Å². The fourth-order valence-corrected chi connectivity index (χ4v) is 1.72. The molecule has 5 heteroatoms. The van der Waals surface area contributed by atoms with E-state index in [4.69, 9.17) is 0 Å². The van der Waals surface area contributed by atoms with Crippen molar-refractivity contribution in [3.63, 3.8) is 0 Å². The van der Waals surface area contributed by atoms with Gasteiger partial charge < -0.3 is 0 Å². The number of benzene rings is 1. The summed E-state index contributed by atoms with van der Waals surface area (Å²) in [6.07, 6.45) is -2.65. The van der Waals surface area contributed by atoms with Gasteiger partial charge in [-0.2, -0.15) is 13.2 Å². The van der Waals surface area contributed by atoms with E-state index in [1.54, 1.807) is 6.20 Å². The number of aromatic nitrogens is 1. The molecule has 1 heterocycles. The lowest BCUT2D eigenvalue weighted by molar-refractivity contribution is -0.137. The van der Waals surface area contributed by atoms with Crippen molar-refractivity contribution in [1.82, 2.24) is 4.98 Å². The summed E-state index contributed by atoms with van der Waals surface area (Å²) < 4.78 is 37.9. The third-order valence-electron chi connectivity index (χ3n) is 2.27. The van der Waals surface area contributed by atoms with Gasteiger partial charge in [0, 0.05) is 11.8 Å². The first-order valence-electron chi connectivity index (χ1n) is 4.76. The summed E-state index contributed by atoms with van der Waals surface area (Å²) in [6, 6.07) is 8.70. The van der Waals surface area contributed by atoms with Crippen molar-refractivity contribution in [2.45, 2.75) is 6.18 Å². The lowest BCUT2D eigenvalue weighted by atomic mass is 10.1. The predicted molar refractivity (Wildman–Crippen MR) is 67.4 cm³/mol. The van der Waals surface area contributed by atoms with Gasteiger partial charge in [0.2, 0.25) is 0 Å². The normalized spacial score (nSPS) is 11.5. The number of nitrogens with zero attached hydrogens (tertiary/aromatic N) is 1. The van der Waals surface area contributed by atoms with Gasteiger partial charge in [-0.25, -0.2) is 4.98 Å². The maximum Gasteiger partial charge on any atom is 0.416 e. The van der Waals surface area contributed by atoms with E-state index < -0.39 is 11.7 Å². The molecular formula is C12H7F3IN. The number of hydrogen-bond donors (Lipinski definition) is 0. The topological polar surface area (TPSA) is 12.9 Å². The van der Waals surface area contributed by atoms with Crippen molar-refractivity contribution in [3.8, 4) is 11.1 Å². The van der Waals surface area contributed by atoms with Crippen molar-refractivity contribution in [2.75, 3.05) is 0 Å². The van der Waals surface area contributed by atoms with Gasteiger partial charge in [0.25, 0.3) is 0 Å². The third kappa shape index (κ3) is 2.96. The zero-order valence-corrected chi connectivity index (χ0v) is 10.7. The van der Waals surface area contributed by atoms with E-state index in [1.165, 1.54) is 12.1 Å². The number of hydrogen-bond acceptors (Lipinski definition) is 1. The summed E-state index contributed by atoms with van der Waals surface area (Å²) >= 11 is 2.07. The second kappa shape index (κ2) is 4.64. The summed E-state index contributed by atoms with van der Waals surface area (Å²) in [7, 11) is 0. The van der Waals surface area contributed by atoms with E-state index in [1.807, 2.05) is 12.1 Å². The summed E-state index contributed by atoms with van der Waals surface area (Å²) in [5.74, 6) is 0. The van der Waals surface area contributed by atoms with Crippen molar-refractivity contribution in [2.24, 2.45) is 0 Å². The summed E-state index contributed by atoms with van der Waals surface area (Å²) in [5.41, 5.74) is 0.890. The molecule has 0 bridgehead atoms. The molecule has 0 amide bonds. The molecule has 0 aliphatic rings. The van der Waals surface area contributed by atoms with Gasteiger partial charge in [0.1, 0.15) is 3.70 Å². The Kier molecular flexibility index (Phi) is 3.37. The highest BCUT2D eigenvalue weighted by atomic mass is 127. The molecule has 0 N–H and O–H groups in total. The van der Waals surface area contributed by atoms with Crippen LogP contribution < -0.4 is 0 Å². The molecule has 0 saturated carbocycles. The Morgan fingerprint density at radius 2 is 1.47 bits per heavy atom. The van der Waals surface area contributed by atoms with E-state index in [9.17, 15) is 13.2 Å². The smallest absolute Gasteiger partial charge is 0.250 e. The highest BCUT2D eigenvalue weighted by Crippen LogP contribution is 2.30. The molecule has 2 rings (SSSR count). The Balaban J connectivity index is 2.33. The van der Waals surface area contributed by atoms with Gasteiger partial charge in [-0.1, -0.05) is 18.2 Å². The molecule has 0 radical (unpaired) electrons. The van der Waals surface area contributed by atoms with E-state index in [2.05, 4.69) is 27.6 Å². The van der Waals surface area contributed by atoms with Crippen LogP contribution in [0.3, 0.4) is 0 Å². The minimum absolute atomic E-state index is 0.639. The van der Waals surface area contributed by atoms with Crippen LogP contribution in [0.4, 0.5) is 13.2 Å². The first-order valence-corrected chi connectivity index (χ1v) is 5.84. The molecule has 0 atom stereocenters. The van der Waals surface area contributed by atoms with Crippen LogP contribution in [0.15, 0.2) is 42.6 Å². The Bertz CT molecular complexity index is 503. The van der Waals surface area contributed by atoms with Crippen molar-refractivity contribution < 1.29 is 13.2 Å². The monoisotopic (exact) mass is 349 g/mol. The first kappa shape index (κ1) is 12.3. The Hall–Kier alpha value is -1.11. The SMILES string of the molecule is FC(F)(F)c1ccc(-c2ccc(I)nc2)cc1. The lowest BCUT2D eigenvalue weighted by Gasteiger charge is -2.07. The minimum atomic E-state index is -4.29. The largest absolute Gasteiger partial charge is 0.416 e. The highest BCUT2D eigenvalue weighted by Gasteiger charge is 2.29. The first-order chi connectivity index (χ1) is 7.97. The van der Waals surface area contributed by atoms with Gasteiger partial charge in [-0.05, 0) is 46.4 Å². The minimum Gasteiger partial charge on any atom is -0.250 e. The van der Waals surface area contributed by atoms with Crippen molar-refractivity contribution >= 4 is 22.6 Å². The van der Waals surface area contributed by atoms with Crippen LogP contribution in [0.5, 0.6) is 0 Å². The second-order valence-electron chi connectivity index (χ2n) is 3.44. The van der Waals surface area contributed by atoms with Gasteiger partial charge >= 0.3 is 6.18 Å². The Labute approximate surface area is 110 Å². The van der Waals surface area contributed by atoms with E-state index in [0.717, 1.165) is 27.0 Å². The van der Waals surface area contributed by atoms with Gasteiger partial charge in [0.05, 0.1) is 5.56 Å². The molecule has 0 aliphatic heterocycles. The molecular weight excluding hydrogens is 342 g/mol. The van der Waals surface area contributed by atoms with Crippen LogP contribution in [0.1, 0.15) is 5.56 Å². The Morgan fingerprint density at radius 3 is 1.94 bits per heavy atom. The van der Waals surface area contributed by atoms with Crippen LogP contribution >= 0.6 is 22.6 Å². The van der Waals surface area contributed by atoms with Crippen LogP contribution in [0.2, 0.25) is 0 Å². The van der Waals surface area contributed by atoms with Crippen LogP contribution in [-0.2, 0) is 6.18 Å². The Morgan fingerprint density at radius 1 is 0.882 bits per heavy atom. The predicted octanol–water partition coefficient (Wildman–Crippen LogP) is 4.37. The fraction of sp³-hybridized carbons (Fsp3) is 0.0833. The average molecular weight is 349 g/mol. The molecule has 88 valence electrons. The second-order valence-corrected chi connectivity index (χ2v) is 4.55. The molecule has 1 nitrogen and oxygen atoms in total. The average Bonchev–Trinajstić information content (AvgIpc) is 2.29.